The molecular formula is C15H23NO3. The molecule has 0 fully saturated rings. The lowest BCUT2D eigenvalue weighted by Crippen LogP contribution is -2.37. The van der Waals surface area contributed by atoms with Crippen LogP contribution in [0.1, 0.15) is 25.0 Å². The fourth-order valence-electron chi connectivity index (χ4n) is 1.53. The number of nitrogens with one attached hydrogen (secondary N) is 1. The minimum Gasteiger partial charge on any atom is -0.483 e. The zero-order chi connectivity index (χ0) is 14.4. The average Bonchev–Trinajstić information content (AvgIpc) is 2.37. The van der Waals surface area contributed by atoms with Gasteiger partial charge in [-0.15, -0.1) is 0 Å². The minimum atomic E-state index is -0.523. The summed E-state index contributed by atoms with van der Waals surface area (Å²) in [5.41, 5.74) is 2.17. The van der Waals surface area contributed by atoms with E-state index >= 15 is 0 Å². The Bertz CT molecular complexity index is 429. The summed E-state index contributed by atoms with van der Waals surface area (Å²) in [5.74, 6) is 0.625. The van der Waals surface area contributed by atoms with Crippen LogP contribution in [0.15, 0.2) is 18.2 Å². The molecule has 4 nitrogen and oxygen atoms in total. The number of ether oxygens (including phenoxy) is 1. The van der Waals surface area contributed by atoms with Gasteiger partial charge in [0.05, 0.1) is 6.10 Å². The zero-order valence-electron chi connectivity index (χ0n) is 12.1. The Morgan fingerprint density at radius 3 is 2.68 bits per heavy atom. The molecule has 0 heterocycles. The Kier molecular flexibility index (Phi) is 5.83. The second kappa shape index (κ2) is 7.14. The standard InChI is InChI=1S/C15H23NO3/c1-10(2)13(17)8-16-15(18)9-19-14-7-5-6-11(3)12(14)4/h5-7,10,13,17H,8-9H2,1-4H3,(H,16,18). The van der Waals surface area contributed by atoms with E-state index in [0.717, 1.165) is 16.9 Å². The van der Waals surface area contributed by atoms with Crippen molar-refractivity contribution in [3.63, 3.8) is 0 Å². The summed E-state index contributed by atoms with van der Waals surface area (Å²) in [5, 5.41) is 12.2. The zero-order valence-corrected chi connectivity index (χ0v) is 12.1. The average molecular weight is 265 g/mol. The smallest absolute Gasteiger partial charge is 0.258 e. The Labute approximate surface area is 114 Å². The van der Waals surface area contributed by atoms with E-state index in [1.165, 1.54) is 0 Å². The lowest BCUT2D eigenvalue weighted by Gasteiger charge is -2.15. The van der Waals surface area contributed by atoms with E-state index in [2.05, 4.69) is 5.32 Å². The summed E-state index contributed by atoms with van der Waals surface area (Å²) in [6.07, 6.45) is -0.523. The molecule has 0 bridgehead atoms. The molecule has 2 N–H and O–H groups in total. The number of amides is 1. The number of aliphatic hydroxyl groups is 1. The van der Waals surface area contributed by atoms with E-state index in [1.54, 1.807) is 0 Å². The molecule has 0 saturated heterocycles. The maximum atomic E-state index is 11.6. The molecule has 1 rings (SSSR count). The van der Waals surface area contributed by atoms with Crippen molar-refractivity contribution in [2.45, 2.75) is 33.8 Å². The normalized spacial score (nSPS) is 12.3. The second-order valence-electron chi connectivity index (χ2n) is 5.10. The van der Waals surface area contributed by atoms with Crippen molar-refractivity contribution in [2.24, 2.45) is 5.92 Å². The maximum absolute atomic E-state index is 11.6. The van der Waals surface area contributed by atoms with Crippen LogP contribution in [-0.2, 0) is 4.79 Å². The summed E-state index contributed by atoms with van der Waals surface area (Å²) in [4.78, 5) is 11.6. The van der Waals surface area contributed by atoms with E-state index in [4.69, 9.17) is 4.74 Å². The minimum absolute atomic E-state index is 0.0326. The molecule has 4 heteroatoms. The van der Waals surface area contributed by atoms with Gasteiger partial charge >= 0.3 is 0 Å². The SMILES string of the molecule is Cc1cccc(OCC(=O)NCC(O)C(C)C)c1C. The molecule has 0 aromatic heterocycles. The van der Waals surface area contributed by atoms with Crippen molar-refractivity contribution in [2.75, 3.05) is 13.2 Å². The van der Waals surface area contributed by atoms with Crippen molar-refractivity contribution < 1.29 is 14.6 Å². The monoisotopic (exact) mass is 265 g/mol. The maximum Gasteiger partial charge on any atom is 0.258 e. The third-order valence-corrected chi connectivity index (χ3v) is 3.19. The van der Waals surface area contributed by atoms with Crippen molar-refractivity contribution in [3.05, 3.63) is 29.3 Å². The van der Waals surface area contributed by atoms with Gasteiger partial charge in [-0.2, -0.15) is 0 Å². The number of aliphatic hydroxyl groups excluding tert-OH is 1. The molecular weight excluding hydrogens is 242 g/mol. The summed E-state index contributed by atoms with van der Waals surface area (Å²) in [6, 6.07) is 5.75. The molecule has 1 amide bonds. The third kappa shape index (κ3) is 4.91. The first-order valence-corrected chi connectivity index (χ1v) is 6.55. The van der Waals surface area contributed by atoms with Crippen molar-refractivity contribution in [3.8, 4) is 5.75 Å². The van der Waals surface area contributed by atoms with E-state index in [-0.39, 0.29) is 25.0 Å². The van der Waals surface area contributed by atoms with Crippen LogP contribution in [0.3, 0.4) is 0 Å². The van der Waals surface area contributed by atoms with Crippen LogP contribution in [0, 0.1) is 19.8 Å². The molecule has 19 heavy (non-hydrogen) atoms. The quantitative estimate of drug-likeness (QED) is 0.825. The largest absolute Gasteiger partial charge is 0.483 e. The number of hydrogen-bond donors (Lipinski definition) is 2. The summed E-state index contributed by atoms with van der Waals surface area (Å²) < 4.78 is 5.48. The second-order valence-corrected chi connectivity index (χ2v) is 5.10. The van der Waals surface area contributed by atoms with Gasteiger partial charge in [-0.1, -0.05) is 26.0 Å². The molecule has 0 aliphatic heterocycles. The van der Waals surface area contributed by atoms with Crippen LogP contribution in [0.25, 0.3) is 0 Å². The highest BCUT2D eigenvalue weighted by molar-refractivity contribution is 5.77. The number of carbonyl (C=O) groups excluding carboxylic acids is 1. The Morgan fingerprint density at radius 2 is 2.05 bits per heavy atom. The van der Waals surface area contributed by atoms with Crippen molar-refractivity contribution in [1.82, 2.24) is 5.32 Å². The van der Waals surface area contributed by atoms with Gasteiger partial charge in [-0.25, -0.2) is 0 Å². The molecule has 1 aromatic rings. The van der Waals surface area contributed by atoms with Gasteiger partial charge in [0.25, 0.3) is 5.91 Å². The fourth-order valence-corrected chi connectivity index (χ4v) is 1.53. The van der Waals surface area contributed by atoms with E-state index in [1.807, 2.05) is 45.9 Å². The first kappa shape index (κ1) is 15.5. The number of aryl methyl sites for hydroxylation is 1. The molecule has 0 aliphatic carbocycles. The highest BCUT2D eigenvalue weighted by Crippen LogP contribution is 2.20. The number of hydrogen-bond acceptors (Lipinski definition) is 3. The molecule has 1 unspecified atom stereocenters. The molecule has 1 atom stereocenters. The van der Waals surface area contributed by atoms with Crippen LogP contribution in [0.2, 0.25) is 0 Å². The Balaban J connectivity index is 2.40. The van der Waals surface area contributed by atoms with Crippen molar-refractivity contribution >= 4 is 5.91 Å². The van der Waals surface area contributed by atoms with Gasteiger partial charge in [0.15, 0.2) is 6.61 Å². The first-order chi connectivity index (χ1) is 8.91. The summed E-state index contributed by atoms with van der Waals surface area (Å²) >= 11 is 0. The molecule has 0 aliphatic rings. The Morgan fingerprint density at radius 1 is 1.37 bits per heavy atom. The van der Waals surface area contributed by atoms with Gasteiger partial charge in [0, 0.05) is 6.54 Å². The van der Waals surface area contributed by atoms with E-state index in [9.17, 15) is 9.90 Å². The van der Waals surface area contributed by atoms with Crippen LogP contribution in [0.4, 0.5) is 0 Å². The lowest BCUT2D eigenvalue weighted by molar-refractivity contribution is -0.123. The molecule has 106 valence electrons. The predicted molar refractivity (Wildman–Crippen MR) is 75.3 cm³/mol. The molecule has 1 aromatic carbocycles. The van der Waals surface area contributed by atoms with Crippen LogP contribution >= 0.6 is 0 Å². The summed E-state index contributed by atoms with van der Waals surface area (Å²) in [6.45, 7) is 8.00. The number of benzene rings is 1. The number of rotatable bonds is 6. The summed E-state index contributed by atoms with van der Waals surface area (Å²) in [7, 11) is 0. The predicted octanol–water partition coefficient (Wildman–Crippen LogP) is 1.82. The molecule has 0 spiro atoms. The topological polar surface area (TPSA) is 58.6 Å². The third-order valence-electron chi connectivity index (χ3n) is 3.19. The van der Waals surface area contributed by atoms with Crippen molar-refractivity contribution in [1.29, 1.82) is 0 Å². The first-order valence-electron chi connectivity index (χ1n) is 6.55. The van der Waals surface area contributed by atoms with Crippen LogP contribution in [-0.4, -0.2) is 30.3 Å². The van der Waals surface area contributed by atoms with Crippen LogP contribution in [0.5, 0.6) is 5.75 Å². The van der Waals surface area contributed by atoms with Gasteiger partial charge in [-0.3, -0.25) is 4.79 Å². The van der Waals surface area contributed by atoms with Gasteiger partial charge < -0.3 is 15.2 Å². The van der Waals surface area contributed by atoms with Crippen LogP contribution < -0.4 is 10.1 Å². The van der Waals surface area contributed by atoms with Gasteiger partial charge in [-0.05, 0) is 37.0 Å². The molecule has 0 saturated carbocycles. The van der Waals surface area contributed by atoms with E-state index in [0.29, 0.717) is 0 Å². The van der Waals surface area contributed by atoms with E-state index < -0.39 is 6.10 Å². The fraction of sp³-hybridized carbons (Fsp3) is 0.533. The van der Waals surface area contributed by atoms with Gasteiger partial charge in [0.1, 0.15) is 5.75 Å². The lowest BCUT2D eigenvalue weighted by atomic mass is 10.1. The molecule has 0 radical (unpaired) electrons. The van der Waals surface area contributed by atoms with Gasteiger partial charge in [0.2, 0.25) is 0 Å². The Hall–Kier alpha value is -1.55. The highest BCUT2D eigenvalue weighted by Gasteiger charge is 2.11. The highest BCUT2D eigenvalue weighted by atomic mass is 16.5. The number of carbonyl (C=O) groups is 1.